The Bertz CT molecular complexity index is 212. The standard InChI is InChI=1S/C9H14ClNO2/c1-7(12)8(10)9(13)11-5-3-2-4-6-11/h8H,2-6H2,1H3. The highest BCUT2D eigenvalue weighted by molar-refractivity contribution is 6.41. The molecule has 0 aromatic carbocycles. The van der Waals surface area contributed by atoms with Gasteiger partial charge in [-0.2, -0.15) is 0 Å². The summed E-state index contributed by atoms with van der Waals surface area (Å²) in [5, 5.41) is -0.974. The largest absolute Gasteiger partial charge is 0.341 e. The van der Waals surface area contributed by atoms with Gasteiger partial charge in [-0.15, -0.1) is 11.6 Å². The zero-order valence-electron chi connectivity index (χ0n) is 7.75. The molecule has 0 radical (unpaired) electrons. The number of carbonyl (C=O) groups excluding carboxylic acids is 2. The molecule has 0 bridgehead atoms. The summed E-state index contributed by atoms with van der Waals surface area (Å²) in [5.74, 6) is -0.494. The van der Waals surface area contributed by atoms with Gasteiger partial charge in [0.25, 0.3) is 0 Å². The first-order valence-electron chi connectivity index (χ1n) is 4.56. The Balaban J connectivity index is 2.50. The van der Waals surface area contributed by atoms with Crippen molar-refractivity contribution < 1.29 is 9.59 Å². The van der Waals surface area contributed by atoms with E-state index < -0.39 is 5.38 Å². The molecule has 0 N–H and O–H groups in total. The van der Waals surface area contributed by atoms with Crippen LogP contribution in [0.5, 0.6) is 0 Å². The molecule has 1 atom stereocenters. The number of nitrogens with zero attached hydrogens (tertiary/aromatic N) is 1. The SMILES string of the molecule is CC(=O)C(Cl)C(=O)N1CCCCC1. The smallest absolute Gasteiger partial charge is 0.248 e. The first-order chi connectivity index (χ1) is 6.13. The number of rotatable bonds is 2. The van der Waals surface area contributed by atoms with Gasteiger partial charge in [0.1, 0.15) is 0 Å². The van der Waals surface area contributed by atoms with Gasteiger partial charge < -0.3 is 4.90 Å². The highest BCUT2D eigenvalue weighted by atomic mass is 35.5. The molecule has 1 amide bonds. The highest BCUT2D eigenvalue weighted by Crippen LogP contribution is 2.12. The van der Waals surface area contributed by atoms with Crippen LogP contribution in [0.2, 0.25) is 0 Å². The summed E-state index contributed by atoms with van der Waals surface area (Å²) >= 11 is 5.66. The van der Waals surface area contributed by atoms with E-state index in [4.69, 9.17) is 11.6 Å². The van der Waals surface area contributed by atoms with Crippen LogP contribution in [0.15, 0.2) is 0 Å². The molecular weight excluding hydrogens is 190 g/mol. The number of piperidine rings is 1. The van der Waals surface area contributed by atoms with E-state index in [1.807, 2.05) is 0 Å². The predicted octanol–water partition coefficient (Wildman–Crippen LogP) is 1.20. The fraction of sp³-hybridized carbons (Fsp3) is 0.778. The third-order valence-corrected chi connectivity index (χ3v) is 2.74. The van der Waals surface area contributed by atoms with Crippen LogP contribution in [0.4, 0.5) is 0 Å². The van der Waals surface area contributed by atoms with E-state index in [9.17, 15) is 9.59 Å². The van der Waals surface area contributed by atoms with E-state index >= 15 is 0 Å². The molecule has 0 saturated carbocycles. The van der Waals surface area contributed by atoms with Crippen molar-refractivity contribution in [2.75, 3.05) is 13.1 Å². The number of hydrogen-bond donors (Lipinski definition) is 0. The second-order valence-electron chi connectivity index (χ2n) is 3.36. The summed E-state index contributed by atoms with van der Waals surface area (Å²) in [6, 6.07) is 0. The number of Topliss-reactive ketones (excluding diaryl/α,β-unsaturated/α-hetero) is 1. The van der Waals surface area contributed by atoms with Crippen LogP contribution in [0, 0.1) is 0 Å². The van der Waals surface area contributed by atoms with Crippen LogP contribution >= 0.6 is 11.6 Å². The molecule has 1 aliphatic heterocycles. The van der Waals surface area contributed by atoms with Crippen molar-refractivity contribution >= 4 is 23.3 Å². The van der Waals surface area contributed by atoms with E-state index in [0.29, 0.717) is 0 Å². The summed E-state index contributed by atoms with van der Waals surface area (Å²) in [7, 11) is 0. The van der Waals surface area contributed by atoms with Crippen molar-refractivity contribution in [1.82, 2.24) is 4.90 Å². The Morgan fingerprint density at radius 1 is 1.23 bits per heavy atom. The Morgan fingerprint density at radius 3 is 2.23 bits per heavy atom. The van der Waals surface area contributed by atoms with E-state index in [1.54, 1.807) is 4.90 Å². The van der Waals surface area contributed by atoms with E-state index in [-0.39, 0.29) is 11.7 Å². The minimum atomic E-state index is -0.974. The van der Waals surface area contributed by atoms with Crippen LogP contribution in [0.1, 0.15) is 26.2 Å². The maximum Gasteiger partial charge on any atom is 0.248 e. The van der Waals surface area contributed by atoms with Crippen LogP contribution in [0.3, 0.4) is 0 Å². The van der Waals surface area contributed by atoms with E-state index in [0.717, 1.165) is 32.4 Å². The van der Waals surface area contributed by atoms with Gasteiger partial charge in [-0.25, -0.2) is 0 Å². The van der Waals surface area contributed by atoms with E-state index in [1.165, 1.54) is 6.92 Å². The molecule has 4 heteroatoms. The topological polar surface area (TPSA) is 37.4 Å². The van der Waals surface area contributed by atoms with Crippen molar-refractivity contribution in [3.63, 3.8) is 0 Å². The van der Waals surface area contributed by atoms with Gasteiger partial charge in [0.15, 0.2) is 11.2 Å². The molecule has 0 aromatic rings. The molecule has 1 rings (SSSR count). The minimum absolute atomic E-state index is 0.228. The maximum absolute atomic E-state index is 11.5. The van der Waals surface area contributed by atoms with Gasteiger partial charge in [-0.1, -0.05) is 0 Å². The Hall–Kier alpha value is -0.570. The zero-order chi connectivity index (χ0) is 9.84. The average Bonchev–Trinajstić information content (AvgIpc) is 2.17. The molecule has 0 aromatic heterocycles. The molecule has 1 saturated heterocycles. The summed E-state index contributed by atoms with van der Waals surface area (Å²) in [5.41, 5.74) is 0. The highest BCUT2D eigenvalue weighted by Gasteiger charge is 2.26. The van der Waals surface area contributed by atoms with Gasteiger partial charge in [0.05, 0.1) is 0 Å². The quantitative estimate of drug-likeness (QED) is 0.500. The Labute approximate surface area is 83.0 Å². The average molecular weight is 204 g/mol. The molecule has 74 valence electrons. The van der Waals surface area contributed by atoms with Gasteiger partial charge in [-0.3, -0.25) is 9.59 Å². The maximum atomic E-state index is 11.5. The van der Waals surface area contributed by atoms with Crippen molar-refractivity contribution in [1.29, 1.82) is 0 Å². The lowest BCUT2D eigenvalue weighted by molar-refractivity contribution is -0.135. The van der Waals surface area contributed by atoms with Crippen molar-refractivity contribution in [3.05, 3.63) is 0 Å². The lowest BCUT2D eigenvalue weighted by Crippen LogP contribution is -2.42. The predicted molar refractivity (Wildman–Crippen MR) is 50.8 cm³/mol. The zero-order valence-corrected chi connectivity index (χ0v) is 8.51. The summed E-state index contributed by atoms with van der Waals surface area (Å²) < 4.78 is 0. The fourth-order valence-corrected chi connectivity index (χ4v) is 1.59. The Kier molecular flexibility index (Phi) is 3.72. The summed E-state index contributed by atoms with van der Waals surface area (Å²) in [4.78, 5) is 24.0. The van der Waals surface area contributed by atoms with Gasteiger partial charge in [0.2, 0.25) is 5.91 Å². The molecule has 1 heterocycles. The Morgan fingerprint density at radius 2 is 1.77 bits per heavy atom. The number of carbonyl (C=O) groups is 2. The molecule has 3 nitrogen and oxygen atoms in total. The van der Waals surface area contributed by atoms with E-state index in [2.05, 4.69) is 0 Å². The van der Waals surface area contributed by atoms with Crippen molar-refractivity contribution in [2.24, 2.45) is 0 Å². The van der Waals surface area contributed by atoms with Crippen LogP contribution in [-0.4, -0.2) is 35.1 Å². The number of likely N-dealkylation sites (tertiary alicyclic amines) is 1. The molecule has 1 unspecified atom stereocenters. The number of alkyl halides is 1. The fourth-order valence-electron chi connectivity index (χ4n) is 1.45. The lowest BCUT2D eigenvalue weighted by atomic mass is 10.1. The number of hydrogen-bond acceptors (Lipinski definition) is 2. The normalized spacial score (nSPS) is 19.7. The number of halogens is 1. The first-order valence-corrected chi connectivity index (χ1v) is 5.00. The van der Waals surface area contributed by atoms with Crippen LogP contribution in [-0.2, 0) is 9.59 Å². The summed E-state index contributed by atoms with van der Waals surface area (Å²) in [6.07, 6.45) is 3.21. The third kappa shape index (κ3) is 2.69. The van der Waals surface area contributed by atoms with Gasteiger partial charge in [0, 0.05) is 13.1 Å². The molecular formula is C9H14ClNO2. The third-order valence-electron chi connectivity index (χ3n) is 2.24. The number of amides is 1. The molecule has 1 fully saturated rings. The molecule has 1 aliphatic rings. The second-order valence-corrected chi connectivity index (χ2v) is 3.80. The monoisotopic (exact) mass is 203 g/mol. The van der Waals surface area contributed by atoms with Crippen molar-refractivity contribution in [3.8, 4) is 0 Å². The van der Waals surface area contributed by atoms with Crippen LogP contribution in [0.25, 0.3) is 0 Å². The van der Waals surface area contributed by atoms with Gasteiger partial charge in [-0.05, 0) is 26.2 Å². The minimum Gasteiger partial charge on any atom is -0.341 e. The number of ketones is 1. The molecule has 0 aliphatic carbocycles. The second kappa shape index (κ2) is 4.61. The van der Waals surface area contributed by atoms with Crippen molar-refractivity contribution in [2.45, 2.75) is 31.6 Å². The molecule has 0 spiro atoms. The first kappa shape index (κ1) is 10.5. The van der Waals surface area contributed by atoms with Gasteiger partial charge >= 0.3 is 0 Å². The summed E-state index contributed by atoms with van der Waals surface area (Å²) in [6.45, 7) is 2.84. The molecule has 13 heavy (non-hydrogen) atoms. The van der Waals surface area contributed by atoms with Crippen LogP contribution < -0.4 is 0 Å². The lowest BCUT2D eigenvalue weighted by Gasteiger charge is -2.27.